The molecule has 1 aliphatic carbocycles. The molecule has 0 spiro atoms. The van der Waals surface area contributed by atoms with Gasteiger partial charge in [0.2, 0.25) is 0 Å². The molecule has 33 heavy (non-hydrogen) atoms. The van der Waals surface area contributed by atoms with E-state index in [0.29, 0.717) is 35.2 Å². The van der Waals surface area contributed by atoms with Gasteiger partial charge in [-0.2, -0.15) is 0 Å². The lowest BCUT2D eigenvalue weighted by Gasteiger charge is -2.15. The highest BCUT2D eigenvalue weighted by Crippen LogP contribution is 2.62. The van der Waals surface area contributed by atoms with Crippen LogP contribution in [0.4, 0.5) is 14.9 Å². The molecule has 4 atom stereocenters. The number of thiocarbonyl (C=S) groups is 1. The average molecular weight is 468 g/mol. The third kappa shape index (κ3) is 3.57. The van der Waals surface area contributed by atoms with Crippen molar-refractivity contribution in [3.63, 3.8) is 0 Å². The van der Waals surface area contributed by atoms with Crippen LogP contribution in [-0.4, -0.2) is 55.6 Å². The van der Waals surface area contributed by atoms with Crippen molar-refractivity contribution in [1.29, 1.82) is 0 Å². The van der Waals surface area contributed by atoms with Crippen molar-refractivity contribution in [2.45, 2.75) is 11.6 Å². The molecule has 0 bridgehead atoms. The minimum atomic E-state index is -0.544. The Morgan fingerprint density at radius 2 is 2.21 bits per heavy atom. The van der Waals surface area contributed by atoms with Crippen LogP contribution in [0.25, 0.3) is 16.0 Å². The summed E-state index contributed by atoms with van der Waals surface area (Å²) < 4.78 is 25.2. The number of halogens is 1. The fourth-order valence-electron chi connectivity index (χ4n) is 4.92. The number of methoxy groups -OCH3 is 1. The first-order valence-electron chi connectivity index (χ1n) is 10.6. The van der Waals surface area contributed by atoms with Crippen molar-refractivity contribution < 1.29 is 18.7 Å². The van der Waals surface area contributed by atoms with Crippen molar-refractivity contribution in [2.24, 2.45) is 11.8 Å². The molecule has 2 aromatic rings. The van der Waals surface area contributed by atoms with E-state index >= 15 is 4.39 Å². The second-order valence-electron chi connectivity index (χ2n) is 8.39. The summed E-state index contributed by atoms with van der Waals surface area (Å²) in [5.74, 6) is 0.131. The monoisotopic (exact) mass is 467 g/mol. The van der Waals surface area contributed by atoms with Crippen LogP contribution in [0.2, 0.25) is 0 Å². The molecule has 10 heteroatoms. The molecule has 1 aromatic carbocycles. The first-order valence-corrected chi connectivity index (χ1v) is 11.0. The third-order valence-electron chi connectivity index (χ3n) is 6.70. The molecule has 5 rings (SSSR count). The minimum absolute atomic E-state index is 0.211. The van der Waals surface area contributed by atoms with E-state index in [1.54, 1.807) is 24.4 Å². The van der Waals surface area contributed by atoms with E-state index in [1.807, 2.05) is 6.07 Å². The van der Waals surface area contributed by atoms with E-state index in [9.17, 15) is 4.79 Å². The van der Waals surface area contributed by atoms with Crippen LogP contribution >= 0.6 is 12.2 Å². The number of carbonyl (C=O) groups is 1. The Morgan fingerprint density at radius 3 is 2.85 bits per heavy atom. The Bertz CT molecular complexity index is 1140. The van der Waals surface area contributed by atoms with Gasteiger partial charge in [0, 0.05) is 30.4 Å². The lowest BCUT2D eigenvalue weighted by Crippen LogP contribution is -2.34. The van der Waals surface area contributed by atoms with Crippen LogP contribution in [0.5, 0.6) is 0 Å². The predicted octanol–water partition coefficient (Wildman–Crippen LogP) is 2.70. The van der Waals surface area contributed by atoms with E-state index in [0.717, 1.165) is 18.8 Å². The molecule has 0 radical (unpaired) electrons. The van der Waals surface area contributed by atoms with E-state index in [2.05, 4.69) is 20.5 Å². The van der Waals surface area contributed by atoms with Gasteiger partial charge in [-0.1, -0.05) is 6.07 Å². The first kappa shape index (κ1) is 21.6. The molecular weight excluding hydrogens is 445 g/mol. The van der Waals surface area contributed by atoms with Gasteiger partial charge in [-0.3, -0.25) is 9.88 Å². The van der Waals surface area contributed by atoms with Gasteiger partial charge in [0.25, 0.3) is 10.7 Å². The number of fused-ring (bicyclic) bond motifs is 1. The van der Waals surface area contributed by atoms with Gasteiger partial charge in [-0.05, 0) is 36.5 Å². The van der Waals surface area contributed by atoms with Crippen LogP contribution in [-0.2, 0) is 15.0 Å². The number of amides is 1. The molecule has 2 saturated heterocycles. The summed E-state index contributed by atoms with van der Waals surface area (Å²) >= 11 is 4.92. The Morgan fingerprint density at radius 1 is 1.42 bits per heavy atom. The molecule has 3 aliphatic rings. The SMILES string of the molecule is [C-]#[N+]C1(c2ccc(-c3ccc(N4C[C@H](CNC(=S)OC)OC4=O)cc3F)cn2)[C@@H]2CNC[C@@H]21. The van der Waals surface area contributed by atoms with Crippen LogP contribution in [0.1, 0.15) is 5.69 Å². The normalized spacial score (nSPS) is 27.5. The number of carbonyl (C=O) groups excluding carboxylic acids is 1. The van der Waals surface area contributed by atoms with Gasteiger partial charge in [-0.25, -0.2) is 15.8 Å². The number of nitrogens with zero attached hydrogens (tertiary/aromatic N) is 3. The van der Waals surface area contributed by atoms with E-state index in [1.165, 1.54) is 18.1 Å². The van der Waals surface area contributed by atoms with Crippen molar-refractivity contribution in [1.82, 2.24) is 15.6 Å². The van der Waals surface area contributed by atoms with Crippen molar-refractivity contribution in [3.8, 4) is 11.1 Å². The molecule has 1 aromatic heterocycles. The maximum absolute atomic E-state index is 15.0. The third-order valence-corrected chi connectivity index (χ3v) is 7.01. The Labute approximate surface area is 195 Å². The summed E-state index contributed by atoms with van der Waals surface area (Å²) in [6, 6.07) is 8.26. The van der Waals surface area contributed by atoms with Gasteiger partial charge >= 0.3 is 6.09 Å². The number of cyclic esters (lactones) is 1. The number of hydrogen-bond acceptors (Lipinski definition) is 6. The van der Waals surface area contributed by atoms with Crippen molar-refractivity contribution in [3.05, 3.63) is 59.5 Å². The van der Waals surface area contributed by atoms with Crippen molar-refractivity contribution >= 4 is 29.2 Å². The molecular formula is C23H22FN5O3S. The second-order valence-corrected chi connectivity index (χ2v) is 8.76. The summed E-state index contributed by atoms with van der Waals surface area (Å²) in [6.45, 7) is 9.93. The van der Waals surface area contributed by atoms with Crippen LogP contribution < -0.4 is 15.5 Å². The van der Waals surface area contributed by atoms with E-state index < -0.39 is 23.6 Å². The highest BCUT2D eigenvalue weighted by Gasteiger charge is 2.76. The van der Waals surface area contributed by atoms with E-state index in [-0.39, 0.29) is 11.7 Å². The number of anilines is 1. The summed E-state index contributed by atoms with van der Waals surface area (Å²) in [7, 11) is 1.45. The van der Waals surface area contributed by atoms with Crippen molar-refractivity contribution in [2.75, 3.05) is 38.2 Å². The number of nitrogens with one attached hydrogen (secondary N) is 2. The lowest BCUT2D eigenvalue weighted by molar-refractivity contribution is 0.142. The largest absolute Gasteiger partial charge is 0.474 e. The summed E-state index contributed by atoms with van der Waals surface area (Å²) in [5, 5.41) is 6.36. The molecule has 1 unspecified atom stereocenters. The zero-order valence-electron chi connectivity index (χ0n) is 17.9. The van der Waals surface area contributed by atoms with Crippen LogP contribution in [0, 0.1) is 24.2 Å². The minimum Gasteiger partial charge on any atom is -0.474 e. The van der Waals surface area contributed by atoms with E-state index in [4.69, 9.17) is 28.3 Å². The zero-order valence-corrected chi connectivity index (χ0v) is 18.7. The highest BCUT2D eigenvalue weighted by atomic mass is 32.1. The summed E-state index contributed by atoms with van der Waals surface area (Å²) in [5.41, 5.74) is 1.62. The molecule has 170 valence electrons. The smallest absolute Gasteiger partial charge is 0.414 e. The molecule has 2 aliphatic heterocycles. The van der Waals surface area contributed by atoms with Gasteiger partial charge < -0.3 is 25.0 Å². The number of benzene rings is 1. The predicted molar refractivity (Wildman–Crippen MR) is 123 cm³/mol. The number of ether oxygens (including phenoxy) is 2. The molecule has 3 heterocycles. The fourth-order valence-corrected chi connectivity index (χ4v) is 5.00. The average Bonchev–Trinajstić information content (AvgIpc) is 3.13. The summed E-state index contributed by atoms with van der Waals surface area (Å²) in [6.07, 6.45) is 0.640. The first-order chi connectivity index (χ1) is 16.0. The standard InChI is InChI=1S/C23H22FN5O3S/c1-25-23(17-10-26-11-18(17)23)20-6-3-13(8-27-20)16-5-4-14(7-19(16)24)29-12-15(32-22(29)30)9-28-21(33)31-2/h3-8,15,17-18,26H,9-12H2,2H3,(H,28,33)/t15-,17-,18+,23?/m0/s1. The number of pyridine rings is 1. The molecule has 1 saturated carbocycles. The number of rotatable bonds is 5. The molecule has 2 N–H and O–H groups in total. The molecule has 8 nitrogen and oxygen atoms in total. The number of hydrogen-bond donors (Lipinski definition) is 2. The second kappa shape index (κ2) is 8.24. The summed E-state index contributed by atoms with van der Waals surface area (Å²) in [4.78, 5) is 22.1. The van der Waals surface area contributed by atoms with Crippen LogP contribution in [0.15, 0.2) is 36.5 Å². The van der Waals surface area contributed by atoms with Gasteiger partial charge in [0.15, 0.2) is 0 Å². The number of piperidine rings is 1. The van der Waals surface area contributed by atoms with Gasteiger partial charge in [-0.15, -0.1) is 0 Å². The Kier molecular flexibility index (Phi) is 5.38. The topological polar surface area (TPSA) is 80.1 Å². The molecule has 1 amide bonds. The number of aromatic nitrogens is 1. The lowest BCUT2D eigenvalue weighted by atomic mass is 10.0. The quantitative estimate of drug-likeness (QED) is 0.517. The Hall–Kier alpha value is -3.29. The van der Waals surface area contributed by atoms with Gasteiger partial charge in [0.1, 0.15) is 17.6 Å². The zero-order chi connectivity index (χ0) is 23.2. The maximum atomic E-state index is 15.0. The van der Waals surface area contributed by atoms with Gasteiger partial charge in [0.05, 0.1) is 37.7 Å². The molecule has 3 fully saturated rings. The Balaban J connectivity index is 1.30. The van der Waals surface area contributed by atoms with Crippen LogP contribution in [0.3, 0.4) is 0 Å². The maximum Gasteiger partial charge on any atom is 0.414 e. The highest BCUT2D eigenvalue weighted by molar-refractivity contribution is 7.80. The fraction of sp³-hybridized carbons (Fsp3) is 0.391.